The van der Waals surface area contributed by atoms with Crippen molar-refractivity contribution in [1.29, 1.82) is 0 Å². The number of rotatable bonds is 2. The second-order valence-corrected chi connectivity index (χ2v) is 12.8. The number of carbonyl (C=O) groups excluding carboxylic acids is 3. The number of aliphatic hydroxyl groups is 3. The van der Waals surface area contributed by atoms with E-state index in [2.05, 4.69) is 6.92 Å². The summed E-state index contributed by atoms with van der Waals surface area (Å²) in [5.74, 6) is -2.95. The van der Waals surface area contributed by atoms with Gasteiger partial charge >= 0.3 is 5.97 Å². The summed E-state index contributed by atoms with van der Waals surface area (Å²) in [4.78, 5) is 36.9. The topological polar surface area (TPSA) is 145 Å². The number of fused-ring (bicyclic) bond motifs is 5. The summed E-state index contributed by atoms with van der Waals surface area (Å²) >= 11 is 0. The smallest absolute Gasteiger partial charge is 0.331 e. The molecule has 9 heteroatoms. The van der Waals surface area contributed by atoms with Gasteiger partial charge in [-0.1, -0.05) is 13.8 Å². The van der Waals surface area contributed by atoms with E-state index in [1.807, 2.05) is 6.92 Å². The van der Waals surface area contributed by atoms with Gasteiger partial charge in [-0.05, 0) is 85.5 Å². The first kappa shape index (κ1) is 24.5. The second-order valence-electron chi connectivity index (χ2n) is 12.8. The fourth-order valence-corrected chi connectivity index (χ4v) is 10.1. The zero-order valence-electron chi connectivity index (χ0n) is 20.9. The van der Waals surface area contributed by atoms with E-state index in [1.54, 1.807) is 0 Å². The molecule has 0 bridgehead atoms. The number of cyclic esters (lactones) is 1. The Balaban J connectivity index is 1.39. The minimum absolute atomic E-state index is 0.0821. The summed E-state index contributed by atoms with van der Waals surface area (Å²) in [7, 11) is 0. The molecule has 4 N–H and O–H groups in total. The van der Waals surface area contributed by atoms with Crippen molar-refractivity contribution in [3.8, 4) is 0 Å². The largest absolute Gasteiger partial charge is 0.458 e. The first-order valence-corrected chi connectivity index (χ1v) is 13.4. The Morgan fingerprint density at radius 2 is 1.75 bits per heavy atom. The number of hydrogen-bond donors (Lipinski definition) is 4. The lowest BCUT2D eigenvalue weighted by Gasteiger charge is -2.67. The number of imide groups is 1. The van der Waals surface area contributed by atoms with Crippen molar-refractivity contribution in [2.45, 2.75) is 83.0 Å². The lowest BCUT2D eigenvalue weighted by atomic mass is 9.39. The van der Waals surface area contributed by atoms with Gasteiger partial charge in [0.15, 0.2) is 0 Å². The predicted molar refractivity (Wildman–Crippen MR) is 124 cm³/mol. The van der Waals surface area contributed by atoms with Gasteiger partial charge in [0.2, 0.25) is 0 Å². The minimum Gasteiger partial charge on any atom is -0.458 e. The number of hydroxylamine groups is 2. The van der Waals surface area contributed by atoms with Crippen molar-refractivity contribution in [2.75, 3.05) is 6.61 Å². The number of esters is 1. The van der Waals surface area contributed by atoms with E-state index < -0.39 is 46.4 Å². The fourth-order valence-electron chi connectivity index (χ4n) is 10.1. The average molecular weight is 504 g/mol. The van der Waals surface area contributed by atoms with Gasteiger partial charge in [0.05, 0.1) is 23.7 Å². The van der Waals surface area contributed by atoms with Crippen molar-refractivity contribution < 1.29 is 39.6 Å². The minimum atomic E-state index is -1.15. The fraction of sp³-hybridized carbons (Fsp3) is 0.815. The monoisotopic (exact) mass is 503 g/mol. The SMILES string of the molecule is C[C@]12C(C3CC(=O)N(O)C3=O)C[C@@H](O)C[C@H]1CC[C@@H]1[C@@H]2C[C@@H](O)[C@]2(C)[C@@H](C3=CC(=O)OC3)CC[C@]12O. The molecular weight excluding hydrogens is 466 g/mol. The Morgan fingerprint density at radius 1 is 1.00 bits per heavy atom. The number of carbonyl (C=O) groups is 3. The third-order valence-electron chi connectivity index (χ3n) is 11.9. The maximum atomic E-state index is 12.9. The van der Waals surface area contributed by atoms with E-state index in [9.17, 15) is 34.9 Å². The predicted octanol–water partition coefficient (Wildman–Crippen LogP) is 1.57. The summed E-state index contributed by atoms with van der Waals surface area (Å²) in [6.07, 6.45) is 4.12. The van der Waals surface area contributed by atoms with Gasteiger partial charge in [-0.2, -0.15) is 5.06 Å². The van der Waals surface area contributed by atoms with Crippen LogP contribution in [0.15, 0.2) is 11.6 Å². The van der Waals surface area contributed by atoms with Crippen LogP contribution in [0.3, 0.4) is 0 Å². The van der Waals surface area contributed by atoms with Gasteiger partial charge in [0, 0.05) is 17.9 Å². The average Bonchev–Trinajstić information content (AvgIpc) is 3.45. The van der Waals surface area contributed by atoms with Crippen LogP contribution in [0.4, 0.5) is 0 Å². The zero-order chi connectivity index (χ0) is 25.8. The maximum absolute atomic E-state index is 12.9. The summed E-state index contributed by atoms with van der Waals surface area (Å²) in [6.45, 7) is 4.28. The van der Waals surface area contributed by atoms with Crippen LogP contribution in [-0.4, -0.2) is 67.8 Å². The molecule has 2 unspecified atom stereocenters. The van der Waals surface area contributed by atoms with E-state index in [1.165, 1.54) is 6.08 Å². The molecule has 2 heterocycles. The van der Waals surface area contributed by atoms with Gasteiger partial charge in [0.25, 0.3) is 11.8 Å². The molecule has 0 spiro atoms. The molecule has 198 valence electrons. The maximum Gasteiger partial charge on any atom is 0.331 e. The van der Waals surface area contributed by atoms with E-state index >= 15 is 0 Å². The standard InChI is InChI=1S/C27H37NO8/c1-25-14(8-15(29)9-19(25)16-10-22(31)28(35)24(16)33)3-4-18-20(25)11-21(30)26(2)17(5-6-27(18,26)34)13-7-23(32)36-12-13/h7,14-21,29-30,34-35H,3-6,8-12H2,1-2H3/t14-,15+,16?,17-,18-,19?,20+,21-,25-,26+,27+/m1/s1. The van der Waals surface area contributed by atoms with Crippen LogP contribution in [0.5, 0.6) is 0 Å². The van der Waals surface area contributed by atoms with Crippen molar-refractivity contribution in [2.24, 2.45) is 46.3 Å². The Labute approximate surface area is 210 Å². The molecule has 5 fully saturated rings. The molecule has 0 aromatic rings. The molecule has 4 saturated carbocycles. The highest BCUT2D eigenvalue weighted by Crippen LogP contribution is 2.71. The number of aliphatic hydroxyl groups excluding tert-OH is 2. The molecule has 9 nitrogen and oxygen atoms in total. The highest BCUT2D eigenvalue weighted by Gasteiger charge is 2.72. The number of nitrogens with zero attached hydrogens (tertiary/aromatic N) is 1. The summed E-state index contributed by atoms with van der Waals surface area (Å²) in [5, 5.41) is 45.2. The van der Waals surface area contributed by atoms with Crippen LogP contribution < -0.4 is 0 Å². The van der Waals surface area contributed by atoms with Gasteiger partial charge < -0.3 is 20.1 Å². The lowest BCUT2D eigenvalue weighted by molar-refractivity contribution is -0.256. The zero-order valence-corrected chi connectivity index (χ0v) is 20.9. The Hall–Kier alpha value is -1.81. The van der Waals surface area contributed by atoms with E-state index in [0.29, 0.717) is 32.1 Å². The normalized spacial score (nSPS) is 52.6. The van der Waals surface area contributed by atoms with Crippen LogP contribution in [0.2, 0.25) is 0 Å². The van der Waals surface area contributed by atoms with Crippen molar-refractivity contribution in [3.05, 3.63) is 11.6 Å². The van der Waals surface area contributed by atoms with Crippen LogP contribution in [0, 0.1) is 46.3 Å². The quantitative estimate of drug-likeness (QED) is 0.252. The number of amides is 2. The molecule has 11 atom stereocenters. The van der Waals surface area contributed by atoms with E-state index in [-0.39, 0.29) is 53.6 Å². The Bertz CT molecular complexity index is 1040. The van der Waals surface area contributed by atoms with Crippen LogP contribution >= 0.6 is 0 Å². The van der Waals surface area contributed by atoms with E-state index in [4.69, 9.17) is 4.74 Å². The van der Waals surface area contributed by atoms with Crippen LogP contribution in [0.25, 0.3) is 0 Å². The summed E-state index contributed by atoms with van der Waals surface area (Å²) < 4.78 is 5.17. The lowest BCUT2D eigenvalue weighted by Crippen LogP contribution is -2.68. The third-order valence-corrected chi connectivity index (χ3v) is 11.9. The van der Waals surface area contributed by atoms with Crippen molar-refractivity contribution >= 4 is 17.8 Å². The Kier molecular flexibility index (Phi) is 5.35. The van der Waals surface area contributed by atoms with Crippen molar-refractivity contribution in [1.82, 2.24) is 5.06 Å². The number of ether oxygens (including phenoxy) is 1. The van der Waals surface area contributed by atoms with Crippen molar-refractivity contribution in [3.63, 3.8) is 0 Å². The first-order chi connectivity index (χ1) is 16.9. The van der Waals surface area contributed by atoms with Gasteiger partial charge in [-0.15, -0.1) is 0 Å². The molecule has 1 saturated heterocycles. The molecular formula is C27H37NO8. The Morgan fingerprint density at radius 3 is 2.39 bits per heavy atom. The van der Waals surface area contributed by atoms with Gasteiger partial charge in [-0.3, -0.25) is 14.8 Å². The highest BCUT2D eigenvalue weighted by molar-refractivity contribution is 6.02. The highest BCUT2D eigenvalue weighted by atomic mass is 16.5. The molecule has 36 heavy (non-hydrogen) atoms. The van der Waals surface area contributed by atoms with E-state index in [0.717, 1.165) is 18.4 Å². The van der Waals surface area contributed by atoms with Gasteiger partial charge in [-0.25, -0.2) is 4.79 Å². The van der Waals surface area contributed by atoms with Crippen LogP contribution in [0.1, 0.15) is 65.2 Å². The molecule has 6 aliphatic rings. The summed E-state index contributed by atoms with van der Waals surface area (Å²) in [6, 6.07) is 0. The molecule has 6 rings (SSSR count). The summed E-state index contributed by atoms with van der Waals surface area (Å²) in [5.41, 5.74) is -1.63. The molecule has 2 aliphatic heterocycles. The van der Waals surface area contributed by atoms with Gasteiger partial charge in [0.1, 0.15) is 6.61 Å². The molecule has 0 radical (unpaired) electrons. The molecule has 2 amide bonds. The third kappa shape index (κ3) is 2.94. The van der Waals surface area contributed by atoms with Crippen LogP contribution in [-0.2, 0) is 19.1 Å². The second kappa shape index (κ2) is 7.85. The molecule has 4 aliphatic carbocycles. The number of hydrogen-bond acceptors (Lipinski definition) is 8. The first-order valence-electron chi connectivity index (χ1n) is 13.4. The molecule has 0 aromatic heterocycles. The molecule has 0 aromatic carbocycles.